The highest BCUT2D eigenvalue weighted by Gasteiger charge is 2.21. The summed E-state index contributed by atoms with van der Waals surface area (Å²) in [6, 6.07) is 9.64. The average molecular weight is 356 g/mol. The lowest BCUT2D eigenvalue weighted by Crippen LogP contribution is -2.33. The summed E-state index contributed by atoms with van der Waals surface area (Å²) in [7, 11) is 0. The Balaban J connectivity index is 1.59. The molecule has 130 valence electrons. The summed E-state index contributed by atoms with van der Waals surface area (Å²) in [5.41, 5.74) is 2.22. The van der Waals surface area contributed by atoms with Crippen molar-refractivity contribution in [2.45, 2.75) is 26.2 Å². The van der Waals surface area contributed by atoms with Gasteiger partial charge in [0.05, 0.1) is 0 Å². The van der Waals surface area contributed by atoms with Crippen molar-refractivity contribution in [3.63, 3.8) is 0 Å². The van der Waals surface area contributed by atoms with E-state index >= 15 is 0 Å². The lowest BCUT2D eigenvalue weighted by Gasteiger charge is -2.21. The standard InChI is InChI=1S/C19H20N2O3S/c1-2-21(15-10-6-7-11-15)17(22)12-24-19(23)16-13-25-18(20-16)14-8-4-3-5-9-14/h3-5,8-10,13H,2,6-7,11-12H2,1H3. The Morgan fingerprint density at radius 1 is 1.28 bits per heavy atom. The van der Waals surface area contributed by atoms with Crippen LogP contribution in [-0.4, -0.2) is 34.9 Å². The largest absolute Gasteiger partial charge is 0.451 e. The minimum Gasteiger partial charge on any atom is -0.451 e. The van der Waals surface area contributed by atoms with Crippen molar-refractivity contribution < 1.29 is 14.3 Å². The SMILES string of the molecule is CCN(C(=O)COC(=O)c1csc(-c2ccccc2)n1)C1=CCCC1. The third-order valence-corrected chi connectivity index (χ3v) is 4.93. The average Bonchev–Trinajstić information content (AvgIpc) is 3.33. The van der Waals surface area contributed by atoms with Crippen LogP contribution in [0, 0.1) is 0 Å². The van der Waals surface area contributed by atoms with Crippen LogP contribution in [0.1, 0.15) is 36.7 Å². The van der Waals surface area contributed by atoms with E-state index in [9.17, 15) is 9.59 Å². The Kier molecular flexibility index (Phi) is 5.60. The van der Waals surface area contributed by atoms with Gasteiger partial charge in [0, 0.05) is 23.2 Å². The van der Waals surface area contributed by atoms with Gasteiger partial charge in [-0.25, -0.2) is 9.78 Å². The smallest absolute Gasteiger partial charge is 0.358 e. The van der Waals surface area contributed by atoms with Gasteiger partial charge >= 0.3 is 5.97 Å². The first-order valence-corrected chi connectivity index (χ1v) is 9.24. The first-order valence-electron chi connectivity index (χ1n) is 8.36. The molecule has 1 amide bonds. The molecule has 3 rings (SSSR count). The molecule has 25 heavy (non-hydrogen) atoms. The molecule has 0 atom stereocenters. The molecule has 2 aromatic rings. The molecule has 1 aromatic heterocycles. The zero-order valence-electron chi connectivity index (χ0n) is 14.1. The molecule has 0 fully saturated rings. The number of benzene rings is 1. The summed E-state index contributed by atoms with van der Waals surface area (Å²) in [6.45, 7) is 2.24. The summed E-state index contributed by atoms with van der Waals surface area (Å²) in [5.74, 6) is -0.759. The fourth-order valence-corrected chi connectivity index (χ4v) is 3.59. The highest BCUT2D eigenvalue weighted by atomic mass is 32.1. The molecular weight excluding hydrogens is 336 g/mol. The van der Waals surface area contributed by atoms with Crippen molar-refractivity contribution in [3.8, 4) is 10.6 Å². The first-order chi connectivity index (χ1) is 12.2. The van der Waals surface area contributed by atoms with Crippen LogP contribution < -0.4 is 0 Å². The van der Waals surface area contributed by atoms with E-state index in [1.807, 2.05) is 37.3 Å². The molecule has 1 heterocycles. The van der Waals surface area contributed by atoms with Gasteiger partial charge in [-0.3, -0.25) is 4.79 Å². The highest BCUT2D eigenvalue weighted by Crippen LogP contribution is 2.24. The molecule has 0 saturated heterocycles. The second-order valence-corrected chi connectivity index (χ2v) is 6.56. The van der Waals surface area contributed by atoms with E-state index in [2.05, 4.69) is 11.1 Å². The van der Waals surface area contributed by atoms with Crippen LogP contribution in [0.25, 0.3) is 10.6 Å². The summed E-state index contributed by atoms with van der Waals surface area (Å²) in [6.07, 6.45) is 5.05. The third-order valence-electron chi connectivity index (χ3n) is 4.04. The molecule has 0 spiro atoms. The van der Waals surface area contributed by atoms with Crippen molar-refractivity contribution in [1.82, 2.24) is 9.88 Å². The number of hydrogen-bond acceptors (Lipinski definition) is 5. The minimum atomic E-state index is -0.566. The highest BCUT2D eigenvalue weighted by molar-refractivity contribution is 7.13. The van der Waals surface area contributed by atoms with Crippen LogP contribution in [0.5, 0.6) is 0 Å². The van der Waals surface area contributed by atoms with Crippen LogP contribution >= 0.6 is 11.3 Å². The van der Waals surface area contributed by atoms with Gasteiger partial charge in [-0.2, -0.15) is 0 Å². The number of rotatable bonds is 6. The van der Waals surface area contributed by atoms with Crippen LogP contribution in [0.15, 0.2) is 47.5 Å². The molecule has 1 aliphatic carbocycles. The van der Waals surface area contributed by atoms with Gasteiger partial charge in [-0.15, -0.1) is 11.3 Å². The monoisotopic (exact) mass is 356 g/mol. The van der Waals surface area contributed by atoms with Crippen LogP contribution in [-0.2, 0) is 9.53 Å². The number of aromatic nitrogens is 1. The number of amides is 1. The molecule has 0 bridgehead atoms. The predicted molar refractivity (Wildman–Crippen MR) is 97.2 cm³/mol. The number of nitrogens with zero attached hydrogens (tertiary/aromatic N) is 2. The zero-order valence-corrected chi connectivity index (χ0v) is 14.9. The fourth-order valence-electron chi connectivity index (χ4n) is 2.80. The van der Waals surface area contributed by atoms with Gasteiger partial charge < -0.3 is 9.64 Å². The van der Waals surface area contributed by atoms with Gasteiger partial charge in [0.15, 0.2) is 12.3 Å². The van der Waals surface area contributed by atoms with Gasteiger partial charge in [0.2, 0.25) is 0 Å². The molecule has 1 aromatic carbocycles. The number of thiazole rings is 1. The summed E-state index contributed by atoms with van der Waals surface area (Å²) >= 11 is 1.38. The number of esters is 1. The molecule has 6 heteroatoms. The van der Waals surface area contributed by atoms with Gasteiger partial charge in [-0.05, 0) is 26.2 Å². The molecule has 0 radical (unpaired) electrons. The summed E-state index contributed by atoms with van der Waals surface area (Å²) in [4.78, 5) is 30.5. The number of hydrogen-bond donors (Lipinski definition) is 0. The maximum Gasteiger partial charge on any atom is 0.358 e. The Labute approximate surface area is 150 Å². The topological polar surface area (TPSA) is 59.5 Å². The number of allylic oxidation sites excluding steroid dienone is 2. The van der Waals surface area contributed by atoms with Gasteiger partial charge in [0.25, 0.3) is 5.91 Å². The normalized spacial score (nSPS) is 13.4. The van der Waals surface area contributed by atoms with Crippen molar-refractivity contribution in [1.29, 1.82) is 0 Å². The molecular formula is C19H20N2O3S. The molecule has 0 N–H and O–H groups in total. The quantitative estimate of drug-likeness (QED) is 0.737. The minimum absolute atomic E-state index is 0.192. The summed E-state index contributed by atoms with van der Waals surface area (Å²) < 4.78 is 5.17. The zero-order chi connectivity index (χ0) is 17.6. The van der Waals surface area contributed by atoms with Crippen LogP contribution in [0.4, 0.5) is 0 Å². The predicted octanol–water partition coefficient (Wildman–Crippen LogP) is 3.88. The molecule has 0 aliphatic heterocycles. The third kappa shape index (κ3) is 4.14. The van der Waals surface area contributed by atoms with E-state index in [0.717, 1.165) is 35.5 Å². The molecule has 5 nitrogen and oxygen atoms in total. The van der Waals surface area contributed by atoms with E-state index in [4.69, 9.17) is 4.74 Å². The van der Waals surface area contributed by atoms with Crippen LogP contribution in [0.3, 0.4) is 0 Å². The van der Waals surface area contributed by atoms with Crippen molar-refractivity contribution >= 4 is 23.2 Å². The summed E-state index contributed by atoms with van der Waals surface area (Å²) in [5, 5.41) is 2.41. The van der Waals surface area contributed by atoms with Gasteiger partial charge in [0.1, 0.15) is 5.01 Å². The molecule has 0 unspecified atom stereocenters. The number of ether oxygens (including phenoxy) is 1. The van der Waals surface area contributed by atoms with E-state index in [1.54, 1.807) is 10.3 Å². The van der Waals surface area contributed by atoms with Crippen molar-refractivity contribution in [3.05, 3.63) is 53.2 Å². The second kappa shape index (κ2) is 8.07. The van der Waals surface area contributed by atoms with E-state index in [-0.39, 0.29) is 18.2 Å². The lowest BCUT2D eigenvalue weighted by atomic mass is 10.2. The Bertz CT molecular complexity index is 783. The Morgan fingerprint density at radius 3 is 2.76 bits per heavy atom. The molecule has 0 saturated carbocycles. The van der Waals surface area contributed by atoms with E-state index < -0.39 is 5.97 Å². The van der Waals surface area contributed by atoms with Crippen LogP contribution in [0.2, 0.25) is 0 Å². The Hall–Kier alpha value is -2.47. The van der Waals surface area contributed by atoms with E-state index in [0.29, 0.717) is 6.54 Å². The van der Waals surface area contributed by atoms with Gasteiger partial charge in [-0.1, -0.05) is 36.4 Å². The second-order valence-electron chi connectivity index (χ2n) is 5.71. The van der Waals surface area contributed by atoms with Crippen molar-refractivity contribution in [2.24, 2.45) is 0 Å². The number of carbonyl (C=O) groups is 2. The first kappa shape index (κ1) is 17.4. The maximum atomic E-state index is 12.3. The maximum absolute atomic E-state index is 12.3. The lowest BCUT2D eigenvalue weighted by molar-refractivity contribution is -0.132. The molecule has 1 aliphatic rings. The number of likely N-dealkylation sites (N-methyl/N-ethyl adjacent to an activating group) is 1. The number of carbonyl (C=O) groups excluding carboxylic acids is 2. The Morgan fingerprint density at radius 2 is 2.08 bits per heavy atom. The van der Waals surface area contributed by atoms with Crippen molar-refractivity contribution in [2.75, 3.05) is 13.2 Å². The van der Waals surface area contributed by atoms with E-state index in [1.165, 1.54) is 11.3 Å². The fraction of sp³-hybridized carbons (Fsp3) is 0.316.